The van der Waals surface area contributed by atoms with Crippen molar-refractivity contribution < 1.29 is 18.9 Å². The van der Waals surface area contributed by atoms with E-state index in [1.54, 1.807) is 39.7 Å². The monoisotopic (exact) mass is 552 g/mol. The van der Waals surface area contributed by atoms with E-state index in [-0.39, 0.29) is 6.61 Å². The molecule has 0 fully saturated rings. The second-order valence-electron chi connectivity index (χ2n) is 6.84. The molecule has 3 rings (SSSR count). The predicted octanol–water partition coefficient (Wildman–Crippen LogP) is 6.48. The van der Waals surface area contributed by atoms with E-state index in [4.69, 9.17) is 42.1 Å². The van der Waals surface area contributed by atoms with Crippen LogP contribution in [0.25, 0.3) is 0 Å². The standard InChI is InChI=1S/C24H23BrCl2N2O4/c1-30-21-7-4-15(9-22(21)31-2)12-28-29-13-16-8-19(25)24(23(10-16)32-3)33-14-17-5-6-18(26)11-20(17)27/h4-11,13,28H,12,14H2,1-3H3/b29-13-. The number of hydrogen-bond acceptors (Lipinski definition) is 6. The van der Waals surface area contributed by atoms with Crippen LogP contribution in [0.2, 0.25) is 10.0 Å². The first kappa shape index (κ1) is 25.0. The minimum atomic E-state index is 0.269. The Bertz CT molecular complexity index is 1140. The van der Waals surface area contributed by atoms with Crippen molar-refractivity contribution in [1.82, 2.24) is 5.43 Å². The highest BCUT2D eigenvalue weighted by atomic mass is 79.9. The summed E-state index contributed by atoms with van der Waals surface area (Å²) in [5.41, 5.74) is 5.68. The highest BCUT2D eigenvalue weighted by Gasteiger charge is 2.13. The molecule has 1 N–H and O–H groups in total. The smallest absolute Gasteiger partial charge is 0.175 e. The maximum absolute atomic E-state index is 6.24. The van der Waals surface area contributed by atoms with Gasteiger partial charge in [0.25, 0.3) is 0 Å². The third-order valence-electron chi connectivity index (χ3n) is 4.67. The van der Waals surface area contributed by atoms with Gasteiger partial charge in [-0.05, 0) is 63.5 Å². The van der Waals surface area contributed by atoms with Crippen LogP contribution in [0.15, 0.2) is 58.1 Å². The van der Waals surface area contributed by atoms with Crippen LogP contribution in [0.3, 0.4) is 0 Å². The molecule has 0 aliphatic rings. The van der Waals surface area contributed by atoms with E-state index < -0.39 is 0 Å². The number of rotatable bonds is 10. The van der Waals surface area contributed by atoms with Gasteiger partial charge in [0.15, 0.2) is 23.0 Å². The van der Waals surface area contributed by atoms with Crippen molar-refractivity contribution in [3.8, 4) is 23.0 Å². The van der Waals surface area contributed by atoms with E-state index in [0.717, 1.165) is 21.2 Å². The minimum Gasteiger partial charge on any atom is -0.493 e. The van der Waals surface area contributed by atoms with Gasteiger partial charge in [-0.15, -0.1) is 0 Å². The fraction of sp³-hybridized carbons (Fsp3) is 0.208. The zero-order valence-corrected chi connectivity index (χ0v) is 21.4. The van der Waals surface area contributed by atoms with Gasteiger partial charge >= 0.3 is 0 Å². The highest BCUT2D eigenvalue weighted by molar-refractivity contribution is 9.10. The lowest BCUT2D eigenvalue weighted by Crippen LogP contribution is -2.06. The van der Waals surface area contributed by atoms with E-state index in [1.807, 2.05) is 36.4 Å². The predicted molar refractivity (Wildman–Crippen MR) is 135 cm³/mol. The molecule has 3 aromatic rings. The Balaban J connectivity index is 1.65. The van der Waals surface area contributed by atoms with Gasteiger partial charge in [-0.1, -0.05) is 35.3 Å². The lowest BCUT2D eigenvalue weighted by atomic mass is 10.2. The molecule has 0 aliphatic heterocycles. The van der Waals surface area contributed by atoms with Crippen LogP contribution in [0.1, 0.15) is 16.7 Å². The molecule has 0 spiro atoms. The highest BCUT2D eigenvalue weighted by Crippen LogP contribution is 2.37. The molecule has 3 aromatic carbocycles. The Hall–Kier alpha value is -2.61. The van der Waals surface area contributed by atoms with E-state index in [1.165, 1.54) is 0 Å². The third kappa shape index (κ3) is 6.69. The van der Waals surface area contributed by atoms with Gasteiger partial charge in [-0.25, -0.2) is 0 Å². The van der Waals surface area contributed by atoms with E-state index in [9.17, 15) is 0 Å². The summed E-state index contributed by atoms with van der Waals surface area (Å²) in [5.74, 6) is 2.49. The van der Waals surface area contributed by atoms with Crippen LogP contribution in [0.4, 0.5) is 0 Å². The van der Waals surface area contributed by atoms with E-state index in [2.05, 4.69) is 26.5 Å². The van der Waals surface area contributed by atoms with Gasteiger partial charge in [-0.3, -0.25) is 0 Å². The minimum absolute atomic E-state index is 0.269. The molecule has 0 saturated heterocycles. The van der Waals surface area contributed by atoms with Crippen molar-refractivity contribution in [1.29, 1.82) is 0 Å². The Kier molecular flexibility index (Phi) is 9.11. The van der Waals surface area contributed by atoms with Gasteiger partial charge in [0.05, 0.1) is 38.6 Å². The molecular weight excluding hydrogens is 531 g/mol. The largest absolute Gasteiger partial charge is 0.493 e. The van der Waals surface area contributed by atoms with Gasteiger partial charge < -0.3 is 24.4 Å². The first-order valence-corrected chi connectivity index (χ1v) is 11.4. The first-order chi connectivity index (χ1) is 15.9. The maximum atomic E-state index is 6.24. The molecule has 0 atom stereocenters. The summed E-state index contributed by atoms with van der Waals surface area (Å²) >= 11 is 15.7. The quantitative estimate of drug-likeness (QED) is 0.230. The Labute approximate surface area is 211 Å². The average molecular weight is 554 g/mol. The number of hydrogen-bond donors (Lipinski definition) is 1. The van der Waals surface area contributed by atoms with Crippen LogP contribution >= 0.6 is 39.1 Å². The van der Waals surface area contributed by atoms with Crippen molar-refractivity contribution >= 4 is 45.3 Å². The van der Waals surface area contributed by atoms with Crippen molar-refractivity contribution in [3.05, 3.63) is 79.7 Å². The molecule has 0 radical (unpaired) electrons. The van der Waals surface area contributed by atoms with Gasteiger partial charge in [-0.2, -0.15) is 5.10 Å². The van der Waals surface area contributed by atoms with Gasteiger partial charge in [0, 0.05) is 15.6 Å². The van der Waals surface area contributed by atoms with Crippen molar-refractivity contribution in [2.45, 2.75) is 13.2 Å². The summed E-state index contributed by atoms with van der Waals surface area (Å²) in [4.78, 5) is 0. The SMILES string of the molecule is COc1ccc(CN/N=C\c2cc(Br)c(OCc3ccc(Cl)cc3Cl)c(OC)c2)cc1OC. The summed E-state index contributed by atoms with van der Waals surface area (Å²) in [7, 11) is 4.80. The number of nitrogens with one attached hydrogen (secondary N) is 1. The fourth-order valence-electron chi connectivity index (χ4n) is 2.99. The maximum Gasteiger partial charge on any atom is 0.175 e. The topological polar surface area (TPSA) is 61.3 Å². The van der Waals surface area contributed by atoms with E-state index >= 15 is 0 Å². The molecule has 0 bridgehead atoms. The number of halogens is 3. The second kappa shape index (κ2) is 12.0. The number of hydrazone groups is 1. The lowest BCUT2D eigenvalue weighted by Gasteiger charge is -2.14. The lowest BCUT2D eigenvalue weighted by molar-refractivity contribution is 0.282. The molecule has 9 heteroatoms. The molecule has 0 saturated carbocycles. The molecule has 0 unspecified atom stereocenters. The van der Waals surface area contributed by atoms with Crippen LogP contribution in [-0.4, -0.2) is 27.5 Å². The third-order valence-corrected chi connectivity index (χ3v) is 5.85. The van der Waals surface area contributed by atoms with Crippen molar-refractivity contribution in [2.24, 2.45) is 5.10 Å². The molecule has 0 amide bonds. The summed E-state index contributed by atoms with van der Waals surface area (Å²) in [6, 6.07) is 14.7. The van der Waals surface area contributed by atoms with Crippen LogP contribution in [0, 0.1) is 0 Å². The number of nitrogens with zero attached hydrogens (tertiary/aromatic N) is 1. The van der Waals surface area contributed by atoms with Crippen LogP contribution < -0.4 is 24.4 Å². The fourth-order valence-corrected chi connectivity index (χ4v) is 4.03. The molecule has 0 aromatic heterocycles. The molecule has 0 aliphatic carbocycles. The molecule has 33 heavy (non-hydrogen) atoms. The van der Waals surface area contributed by atoms with Crippen molar-refractivity contribution in [3.63, 3.8) is 0 Å². The zero-order chi connectivity index (χ0) is 23.8. The number of ether oxygens (including phenoxy) is 4. The average Bonchev–Trinajstić information content (AvgIpc) is 2.81. The molecule has 174 valence electrons. The molecule has 6 nitrogen and oxygen atoms in total. The summed E-state index contributed by atoms with van der Waals surface area (Å²) in [6.07, 6.45) is 1.70. The Morgan fingerprint density at radius 2 is 1.67 bits per heavy atom. The Morgan fingerprint density at radius 1 is 0.909 bits per heavy atom. The normalized spacial score (nSPS) is 10.8. The summed E-state index contributed by atoms with van der Waals surface area (Å²) in [5, 5.41) is 5.42. The van der Waals surface area contributed by atoms with Gasteiger partial charge in [0.2, 0.25) is 0 Å². The Morgan fingerprint density at radius 3 is 2.36 bits per heavy atom. The first-order valence-electron chi connectivity index (χ1n) is 9.86. The van der Waals surface area contributed by atoms with Crippen molar-refractivity contribution in [2.75, 3.05) is 21.3 Å². The van der Waals surface area contributed by atoms with Gasteiger partial charge in [0.1, 0.15) is 6.61 Å². The van der Waals surface area contributed by atoms with E-state index in [0.29, 0.717) is 39.6 Å². The molecule has 0 heterocycles. The van der Waals surface area contributed by atoms with Crippen LogP contribution in [0.5, 0.6) is 23.0 Å². The zero-order valence-electron chi connectivity index (χ0n) is 18.3. The second-order valence-corrected chi connectivity index (χ2v) is 8.54. The summed E-state index contributed by atoms with van der Waals surface area (Å²) < 4.78 is 22.8. The summed E-state index contributed by atoms with van der Waals surface area (Å²) in [6.45, 7) is 0.795. The molecular formula is C24H23BrCl2N2O4. The number of methoxy groups -OCH3 is 3. The number of benzene rings is 3. The van der Waals surface area contributed by atoms with Crippen LogP contribution in [-0.2, 0) is 13.2 Å².